The van der Waals surface area contributed by atoms with Crippen molar-refractivity contribution in [2.45, 2.75) is 31.2 Å². The van der Waals surface area contributed by atoms with Gasteiger partial charge < -0.3 is 10.6 Å². The first-order chi connectivity index (χ1) is 11.3. The number of nitrogens with one attached hydrogen (secondary N) is 2. The van der Waals surface area contributed by atoms with Crippen LogP contribution in [0, 0.1) is 0 Å². The predicted molar refractivity (Wildman–Crippen MR) is 86.4 cm³/mol. The normalized spacial score (nSPS) is 23.0. The summed E-state index contributed by atoms with van der Waals surface area (Å²) in [5, 5.41) is 10.7. The molecule has 4 rings (SSSR count). The Morgan fingerprint density at radius 1 is 1.39 bits per heavy atom. The molecular weight excluding hydrogens is 290 g/mol. The first kappa shape index (κ1) is 14.4. The van der Waals surface area contributed by atoms with Crippen LogP contribution in [0.5, 0.6) is 0 Å². The van der Waals surface area contributed by atoms with E-state index in [0.29, 0.717) is 18.5 Å². The molecule has 2 atom stereocenters. The molecule has 1 saturated heterocycles. The molecule has 2 aromatic rings. The molecule has 1 aliphatic heterocycles. The van der Waals surface area contributed by atoms with E-state index in [1.54, 1.807) is 6.33 Å². The fourth-order valence-corrected chi connectivity index (χ4v) is 3.45. The van der Waals surface area contributed by atoms with Crippen molar-refractivity contribution in [3.63, 3.8) is 0 Å². The lowest BCUT2D eigenvalue weighted by molar-refractivity contribution is 0.0939. The third-order valence-corrected chi connectivity index (χ3v) is 4.83. The molecule has 0 spiro atoms. The van der Waals surface area contributed by atoms with Crippen molar-refractivity contribution < 1.29 is 4.79 Å². The van der Waals surface area contributed by atoms with Gasteiger partial charge in [0.1, 0.15) is 6.33 Å². The second-order valence-corrected chi connectivity index (χ2v) is 6.36. The fourth-order valence-electron chi connectivity index (χ4n) is 3.45. The van der Waals surface area contributed by atoms with Crippen LogP contribution in [-0.2, 0) is 6.42 Å². The molecule has 1 aromatic heterocycles. The van der Waals surface area contributed by atoms with Gasteiger partial charge in [-0.3, -0.25) is 4.79 Å². The zero-order valence-electron chi connectivity index (χ0n) is 13.0. The minimum Gasteiger partial charge on any atom is -0.349 e. The largest absolute Gasteiger partial charge is 0.349 e. The average Bonchev–Trinajstić information content (AvgIpc) is 3.06. The van der Waals surface area contributed by atoms with Gasteiger partial charge in [0.25, 0.3) is 5.91 Å². The van der Waals surface area contributed by atoms with E-state index in [-0.39, 0.29) is 11.7 Å². The molecule has 6 heteroatoms. The summed E-state index contributed by atoms with van der Waals surface area (Å²) in [7, 11) is 0. The number of aromatic nitrogens is 3. The number of piperidine rings is 1. The Balaban J connectivity index is 1.34. The predicted octanol–water partition coefficient (Wildman–Crippen LogP) is 1.27. The minimum atomic E-state index is -0.183. The number of benzene rings is 1. The molecule has 1 fully saturated rings. The third-order valence-electron chi connectivity index (χ3n) is 4.83. The van der Waals surface area contributed by atoms with Crippen molar-refractivity contribution >= 4 is 5.91 Å². The van der Waals surface area contributed by atoms with E-state index in [4.69, 9.17) is 0 Å². The van der Waals surface area contributed by atoms with E-state index in [9.17, 15) is 4.79 Å². The highest BCUT2D eigenvalue weighted by atomic mass is 16.2. The van der Waals surface area contributed by atoms with E-state index in [0.717, 1.165) is 32.4 Å². The van der Waals surface area contributed by atoms with E-state index >= 15 is 0 Å². The Labute approximate surface area is 135 Å². The SMILES string of the molecule is O=C(NC[C@@H]1Cc2ccccc21)c1ncn([C@H]2CCCNC2)n1. The van der Waals surface area contributed by atoms with Gasteiger partial charge in [0, 0.05) is 19.0 Å². The molecule has 2 N–H and O–H groups in total. The summed E-state index contributed by atoms with van der Waals surface area (Å²) in [4.78, 5) is 16.4. The van der Waals surface area contributed by atoms with Gasteiger partial charge in [-0.25, -0.2) is 9.67 Å². The summed E-state index contributed by atoms with van der Waals surface area (Å²) in [5.74, 6) is 0.500. The molecule has 120 valence electrons. The molecule has 1 amide bonds. The van der Waals surface area contributed by atoms with Crippen molar-refractivity contribution in [3.8, 4) is 0 Å². The summed E-state index contributed by atoms with van der Waals surface area (Å²) in [6.07, 6.45) is 4.92. The maximum Gasteiger partial charge on any atom is 0.290 e. The first-order valence-corrected chi connectivity index (χ1v) is 8.29. The van der Waals surface area contributed by atoms with Crippen molar-refractivity contribution in [3.05, 3.63) is 47.5 Å². The molecule has 0 saturated carbocycles. The highest BCUT2D eigenvalue weighted by Gasteiger charge is 2.26. The molecule has 0 bridgehead atoms. The summed E-state index contributed by atoms with van der Waals surface area (Å²) >= 11 is 0. The molecule has 0 unspecified atom stereocenters. The van der Waals surface area contributed by atoms with Gasteiger partial charge in [0.2, 0.25) is 5.82 Å². The summed E-state index contributed by atoms with van der Waals surface area (Å²) in [6, 6.07) is 8.70. The van der Waals surface area contributed by atoms with Crippen LogP contribution >= 0.6 is 0 Å². The number of amides is 1. The number of carbonyl (C=O) groups is 1. The number of nitrogens with zero attached hydrogens (tertiary/aromatic N) is 3. The highest BCUT2D eigenvalue weighted by molar-refractivity contribution is 5.90. The Bertz CT molecular complexity index is 705. The first-order valence-electron chi connectivity index (χ1n) is 8.29. The van der Waals surface area contributed by atoms with Crippen molar-refractivity contribution in [1.82, 2.24) is 25.4 Å². The summed E-state index contributed by atoms with van der Waals surface area (Å²) in [5.41, 5.74) is 2.73. The Hall–Kier alpha value is -2.21. The minimum absolute atomic E-state index is 0.183. The van der Waals surface area contributed by atoms with Crippen LogP contribution < -0.4 is 10.6 Å². The van der Waals surface area contributed by atoms with Gasteiger partial charge in [-0.15, -0.1) is 5.10 Å². The molecule has 23 heavy (non-hydrogen) atoms. The van der Waals surface area contributed by atoms with E-state index in [1.807, 2.05) is 10.7 Å². The van der Waals surface area contributed by atoms with Gasteiger partial charge in [0.05, 0.1) is 6.04 Å². The van der Waals surface area contributed by atoms with Crippen LogP contribution in [0.25, 0.3) is 0 Å². The molecule has 6 nitrogen and oxygen atoms in total. The van der Waals surface area contributed by atoms with Crippen LogP contribution in [0.15, 0.2) is 30.6 Å². The maximum atomic E-state index is 12.2. The second kappa shape index (κ2) is 6.12. The van der Waals surface area contributed by atoms with Gasteiger partial charge in [-0.1, -0.05) is 24.3 Å². The lowest BCUT2D eigenvalue weighted by Gasteiger charge is -2.29. The van der Waals surface area contributed by atoms with Gasteiger partial charge >= 0.3 is 0 Å². The molecule has 2 heterocycles. The molecule has 1 aromatic carbocycles. The van der Waals surface area contributed by atoms with Crippen molar-refractivity contribution in [1.29, 1.82) is 0 Å². The molecule has 0 radical (unpaired) electrons. The van der Waals surface area contributed by atoms with Gasteiger partial charge in [-0.2, -0.15) is 0 Å². The van der Waals surface area contributed by atoms with Crippen LogP contribution in [0.4, 0.5) is 0 Å². The highest BCUT2D eigenvalue weighted by Crippen LogP contribution is 2.33. The van der Waals surface area contributed by atoms with Crippen LogP contribution in [-0.4, -0.2) is 40.3 Å². The average molecular weight is 311 g/mol. The smallest absolute Gasteiger partial charge is 0.290 e. The van der Waals surface area contributed by atoms with Gasteiger partial charge in [-0.05, 0) is 36.9 Å². The number of fused-ring (bicyclic) bond motifs is 1. The van der Waals surface area contributed by atoms with Crippen molar-refractivity contribution in [2.75, 3.05) is 19.6 Å². The van der Waals surface area contributed by atoms with Crippen LogP contribution in [0.2, 0.25) is 0 Å². The number of hydrogen-bond acceptors (Lipinski definition) is 4. The molecular formula is C17H21N5O. The molecule has 2 aliphatic rings. The fraction of sp³-hybridized carbons (Fsp3) is 0.471. The van der Waals surface area contributed by atoms with E-state index in [1.165, 1.54) is 11.1 Å². The van der Waals surface area contributed by atoms with Crippen molar-refractivity contribution in [2.24, 2.45) is 0 Å². The summed E-state index contributed by atoms with van der Waals surface area (Å²) < 4.78 is 1.82. The second-order valence-electron chi connectivity index (χ2n) is 6.36. The van der Waals surface area contributed by atoms with E-state index < -0.39 is 0 Å². The standard InChI is InChI=1S/C17H21N5O/c23-17(19-9-13-8-12-4-1-2-6-15(12)13)16-20-11-22(21-16)14-5-3-7-18-10-14/h1-2,4,6,11,13-14,18H,3,5,7-10H2,(H,19,23)/t13-,14-/m0/s1. The van der Waals surface area contributed by atoms with Crippen LogP contribution in [0.3, 0.4) is 0 Å². The number of hydrogen-bond donors (Lipinski definition) is 2. The van der Waals surface area contributed by atoms with Crippen LogP contribution in [0.1, 0.15) is 46.5 Å². The Kier molecular flexibility index (Phi) is 3.83. The monoisotopic (exact) mass is 311 g/mol. The topological polar surface area (TPSA) is 71.8 Å². The zero-order chi connectivity index (χ0) is 15.6. The Morgan fingerprint density at radius 3 is 3.13 bits per heavy atom. The van der Waals surface area contributed by atoms with E-state index in [2.05, 4.69) is 38.9 Å². The quantitative estimate of drug-likeness (QED) is 0.892. The number of rotatable bonds is 4. The third kappa shape index (κ3) is 2.86. The van der Waals surface area contributed by atoms with Gasteiger partial charge in [0.15, 0.2) is 0 Å². The zero-order valence-corrected chi connectivity index (χ0v) is 13.0. The molecule has 1 aliphatic carbocycles. The lowest BCUT2D eigenvalue weighted by Crippen LogP contribution is -2.34. The Morgan fingerprint density at radius 2 is 2.30 bits per heavy atom. The maximum absolute atomic E-state index is 12.2. The summed E-state index contributed by atoms with van der Waals surface area (Å²) in [6.45, 7) is 2.60. The number of carbonyl (C=O) groups excluding carboxylic acids is 1. The lowest BCUT2D eigenvalue weighted by atomic mass is 9.77.